The monoisotopic (exact) mass is 233 g/mol. The van der Waals surface area contributed by atoms with Crippen molar-refractivity contribution in [1.82, 2.24) is 0 Å². The highest BCUT2D eigenvalue weighted by Crippen LogP contribution is 2.38. The van der Waals surface area contributed by atoms with E-state index in [4.69, 9.17) is 0 Å². The number of hydrogen-bond acceptors (Lipinski definition) is 2. The van der Waals surface area contributed by atoms with Crippen molar-refractivity contribution in [3.63, 3.8) is 0 Å². The maximum Gasteiger partial charge on any atom is 0.0663 e. The summed E-state index contributed by atoms with van der Waals surface area (Å²) in [6, 6.07) is 21.2. The third kappa shape index (κ3) is 1.32. The van der Waals surface area contributed by atoms with Crippen LogP contribution in [0.2, 0.25) is 0 Å². The van der Waals surface area contributed by atoms with E-state index in [2.05, 4.69) is 71.3 Å². The van der Waals surface area contributed by atoms with Crippen molar-refractivity contribution in [3.8, 4) is 0 Å². The number of benzene rings is 2. The smallest absolute Gasteiger partial charge is 0.0663 e. The van der Waals surface area contributed by atoms with Crippen LogP contribution in [0.4, 0.5) is 11.4 Å². The van der Waals surface area contributed by atoms with Crippen molar-refractivity contribution < 1.29 is 0 Å². The highest BCUT2D eigenvalue weighted by molar-refractivity contribution is 6.04. The number of nitrogens with one attached hydrogen (secondary N) is 2. The molecule has 0 fully saturated rings. The number of rotatable bonds is 1. The van der Waals surface area contributed by atoms with Crippen LogP contribution in [0.1, 0.15) is 11.7 Å². The van der Waals surface area contributed by atoms with Gasteiger partial charge in [0.2, 0.25) is 0 Å². The Morgan fingerprint density at radius 1 is 0.889 bits per heavy atom. The predicted octanol–water partition coefficient (Wildman–Crippen LogP) is 4.09. The molecule has 3 aromatic carbocycles. The van der Waals surface area contributed by atoms with Crippen LogP contribution in [0.3, 0.4) is 0 Å². The van der Waals surface area contributed by atoms with E-state index < -0.39 is 0 Å². The van der Waals surface area contributed by atoms with Crippen molar-refractivity contribution >= 4 is 22.1 Å². The van der Waals surface area contributed by atoms with Crippen LogP contribution in [-0.4, -0.2) is 0 Å². The van der Waals surface area contributed by atoms with E-state index in [0.29, 0.717) is 0 Å². The molecule has 3 aromatic rings. The lowest BCUT2D eigenvalue weighted by Crippen LogP contribution is -2.23. The topological polar surface area (TPSA) is 24.1 Å². The molecule has 0 saturated carbocycles. The second kappa shape index (κ2) is 3.57. The van der Waals surface area contributed by atoms with Gasteiger partial charge in [0.15, 0.2) is 0 Å². The summed E-state index contributed by atoms with van der Waals surface area (Å²) in [5.74, 6) is 0. The van der Waals surface area contributed by atoms with Gasteiger partial charge < -0.3 is 10.6 Å². The molecule has 0 amide bonds. The van der Waals surface area contributed by atoms with Gasteiger partial charge in [0, 0.05) is 16.8 Å². The maximum atomic E-state index is 3.55. The largest absolute Gasteiger partial charge is 0.372 e. The maximum absolute atomic E-state index is 3.55. The van der Waals surface area contributed by atoms with Crippen LogP contribution in [0.25, 0.3) is 10.8 Å². The first-order valence-corrected chi connectivity index (χ1v) is 6.18. The van der Waals surface area contributed by atoms with E-state index in [9.17, 15) is 0 Å². The normalized spacial score (nSPS) is 14.2. The van der Waals surface area contributed by atoms with Gasteiger partial charge in [0.05, 0.1) is 6.17 Å². The van der Waals surface area contributed by atoms with Crippen LogP contribution < -0.4 is 10.6 Å². The quantitative estimate of drug-likeness (QED) is 0.618. The van der Waals surface area contributed by atoms with Gasteiger partial charge >= 0.3 is 0 Å². The van der Waals surface area contributed by atoms with E-state index in [1.165, 1.54) is 27.7 Å². The molecule has 0 spiro atoms. The fraction of sp³-hybridized carbons (Fsp3) is 0.0625. The molecule has 88 valence electrons. The molecule has 1 aliphatic heterocycles. The second-order valence-electron chi connectivity index (χ2n) is 4.65. The number of hydrogen-bond donors (Lipinski definition) is 2. The Kier molecular flexibility index (Phi) is 1.92. The van der Waals surface area contributed by atoms with Gasteiger partial charge in [-0.25, -0.2) is 6.07 Å². The molecule has 0 bridgehead atoms. The van der Waals surface area contributed by atoms with Gasteiger partial charge in [-0.05, 0) is 17.5 Å². The van der Waals surface area contributed by atoms with Crippen LogP contribution in [0.15, 0.2) is 60.7 Å². The van der Waals surface area contributed by atoms with E-state index in [0.717, 1.165) is 0 Å². The summed E-state index contributed by atoms with van der Waals surface area (Å²) >= 11 is 0. The minimum absolute atomic E-state index is 0.153. The summed E-state index contributed by atoms with van der Waals surface area (Å²) in [5, 5.41) is 9.65. The first-order chi connectivity index (χ1) is 8.92. The Hall–Kier alpha value is -2.35. The van der Waals surface area contributed by atoms with Crippen molar-refractivity contribution in [1.29, 1.82) is 0 Å². The Morgan fingerprint density at radius 2 is 1.61 bits per heavy atom. The fourth-order valence-corrected chi connectivity index (χ4v) is 2.68. The van der Waals surface area contributed by atoms with Crippen molar-refractivity contribution in [2.45, 2.75) is 6.17 Å². The SMILES string of the molecule is c1cc2c3c(cccc3c1)NC(c1cc[cH-]c1)N2. The molecule has 1 heterocycles. The van der Waals surface area contributed by atoms with E-state index >= 15 is 0 Å². The van der Waals surface area contributed by atoms with E-state index in [1.54, 1.807) is 0 Å². The Balaban J connectivity index is 1.89. The molecule has 4 rings (SSSR count). The summed E-state index contributed by atoms with van der Waals surface area (Å²) in [6.45, 7) is 0. The molecular weight excluding hydrogens is 220 g/mol. The minimum atomic E-state index is 0.153. The molecule has 2 nitrogen and oxygen atoms in total. The molecule has 2 N–H and O–H groups in total. The van der Waals surface area contributed by atoms with E-state index in [1.807, 2.05) is 0 Å². The molecule has 2 heteroatoms. The zero-order valence-corrected chi connectivity index (χ0v) is 9.85. The third-order valence-corrected chi connectivity index (χ3v) is 3.53. The van der Waals surface area contributed by atoms with Crippen LogP contribution in [-0.2, 0) is 0 Å². The predicted molar refractivity (Wildman–Crippen MR) is 76.0 cm³/mol. The average molecular weight is 233 g/mol. The van der Waals surface area contributed by atoms with Crippen LogP contribution >= 0.6 is 0 Å². The minimum Gasteiger partial charge on any atom is -0.372 e. The van der Waals surface area contributed by atoms with Gasteiger partial charge in [0.1, 0.15) is 0 Å². The van der Waals surface area contributed by atoms with Crippen molar-refractivity contribution in [2.24, 2.45) is 0 Å². The summed E-state index contributed by atoms with van der Waals surface area (Å²) in [4.78, 5) is 0. The van der Waals surface area contributed by atoms with Gasteiger partial charge in [0.25, 0.3) is 0 Å². The van der Waals surface area contributed by atoms with Crippen molar-refractivity contribution in [3.05, 3.63) is 66.2 Å². The fourth-order valence-electron chi connectivity index (χ4n) is 2.68. The lowest BCUT2D eigenvalue weighted by Gasteiger charge is -2.32. The molecular formula is C16H13N2-. The molecule has 0 radical (unpaired) electrons. The van der Waals surface area contributed by atoms with Crippen molar-refractivity contribution in [2.75, 3.05) is 10.6 Å². The van der Waals surface area contributed by atoms with E-state index in [-0.39, 0.29) is 6.17 Å². The Bertz CT molecular complexity index is 657. The molecule has 0 aromatic heterocycles. The lowest BCUT2D eigenvalue weighted by atomic mass is 10.0. The molecule has 0 aliphatic carbocycles. The molecule has 1 aliphatic rings. The Labute approximate surface area is 106 Å². The van der Waals surface area contributed by atoms with Gasteiger partial charge in [-0.2, -0.15) is 23.8 Å². The van der Waals surface area contributed by atoms with Gasteiger partial charge in [-0.15, -0.1) is 0 Å². The number of anilines is 2. The molecule has 18 heavy (non-hydrogen) atoms. The zero-order valence-electron chi connectivity index (χ0n) is 9.85. The van der Waals surface area contributed by atoms with Gasteiger partial charge in [-0.1, -0.05) is 24.3 Å². The summed E-state index contributed by atoms with van der Waals surface area (Å²) in [5.41, 5.74) is 3.67. The lowest BCUT2D eigenvalue weighted by molar-refractivity contribution is 0.902. The highest BCUT2D eigenvalue weighted by Gasteiger charge is 2.16. The summed E-state index contributed by atoms with van der Waals surface area (Å²) in [6.07, 6.45) is 0.153. The van der Waals surface area contributed by atoms with Crippen LogP contribution in [0.5, 0.6) is 0 Å². The summed E-state index contributed by atoms with van der Waals surface area (Å²) < 4.78 is 0. The summed E-state index contributed by atoms with van der Waals surface area (Å²) in [7, 11) is 0. The average Bonchev–Trinajstić information content (AvgIpc) is 2.93. The standard InChI is InChI=1S/C16H13N2/c1-2-6-12(5-1)16-17-13-9-3-7-11-8-4-10-14(18-16)15(11)13/h1-10,16-18H/q-1. The molecule has 0 unspecified atom stereocenters. The molecule has 0 atom stereocenters. The first kappa shape index (κ1) is 9.66. The first-order valence-electron chi connectivity index (χ1n) is 6.18. The second-order valence-corrected chi connectivity index (χ2v) is 4.65. The zero-order chi connectivity index (χ0) is 11.9. The molecule has 0 saturated heterocycles. The van der Waals surface area contributed by atoms with Crippen LogP contribution in [0, 0.1) is 0 Å². The third-order valence-electron chi connectivity index (χ3n) is 3.53. The highest BCUT2D eigenvalue weighted by atomic mass is 15.1. The Morgan fingerprint density at radius 3 is 2.22 bits per heavy atom. The van der Waals surface area contributed by atoms with Gasteiger partial charge in [-0.3, -0.25) is 0 Å².